The number of nitrogens with one attached hydrogen (secondary N) is 1. The van der Waals surface area contributed by atoms with Crippen molar-refractivity contribution in [3.63, 3.8) is 0 Å². The van der Waals surface area contributed by atoms with Gasteiger partial charge in [-0.2, -0.15) is 0 Å². The molecular weight excluding hydrogens is 240 g/mol. The van der Waals surface area contributed by atoms with E-state index in [9.17, 15) is 4.79 Å². The molecule has 0 saturated heterocycles. The van der Waals surface area contributed by atoms with E-state index >= 15 is 0 Å². The van der Waals surface area contributed by atoms with Gasteiger partial charge in [0.1, 0.15) is 5.82 Å². The van der Waals surface area contributed by atoms with E-state index in [0.717, 1.165) is 18.7 Å². The quantitative estimate of drug-likeness (QED) is 0.851. The molecular formula is C14H22N4O. The summed E-state index contributed by atoms with van der Waals surface area (Å²) in [6.07, 6.45) is 9.61. The Balaban J connectivity index is 1.66. The number of aromatic amines is 1. The van der Waals surface area contributed by atoms with Gasteiger partial charge in [-0.15, -0.1) is 5.10 Å². The predicted octanol–water partition coefficient (Wildman–Crippen LogP) is 2.48. The maximum atomic E-state index is 12.4. The minimum absolute atomic E-state index is 0.0324. The van der Waals surface area contributed by atoms with Gasteiger partial charge in [-0.05, 0) is 25.7 Å². The van der Waals surface area contributed by atoms with E-state index in [4.69, 9.17) is 0 Å². The topological polar surface area (TPSA) is 61.9 Å². The second-order valence-electron chi connectivity index (χ2n) is 5.88. The van der Waals surface area contributed by atoms with Crippen molar-refractivity contribution in [2.45, 2.75) is 63.3 Å². The molecule has 2 fully saturated rings. The van der Waals surface area contributed by atoms with Crippen molar-refractivity contribution >= 4 is 5.91 Å². The van der Waals surface area contributed by atoms with Gasteiger partial charge in [0.15, 0.2) is 0 Å². The number of hydrogen-bond donors (Lipinski definition) is 1. The summed E-state index contributed by atoms with van der Waals surface area (Å²) in [6, 6.07) is 0.359. The normalized spacial score (nSPS) is 21.1. The molecule has 104 valence electrons. The van der Waals surface area contributed by atoms with E-state index in [2.05, 4.69) is 15.2 Å². The molecule has 0 radical (unpaired) electrons. The van der Waals surface area contributed by atoms with Gasteiger partial charge >= 0.3 is 0 Å². The monoisotopic (exact) mass is 262 g/mol. The predicted molar refractivity (Wildman–Crippen MR) is 71.9 cm³/mol. The number of nitrogens with zero attached hydrogens (tertiary/aromatic N) is 3. The Morgan fingerprint density at radius 2 is 1.84 bits per heavy atom. The maximum Gasteiger partial charge on any atom is 0.293 e. The van der Waals surface area contributed by atoms with E-state index in [-0.39, 0.29) is 5.91 Å². The van der Waals surface area contributed by atoms with Gasteiger partial charge < -0.3 is 4.90 Å². The molecule has 5 nitrogen and oxygen atoms in total. The van der Waals surface area contributed by atoms with Crippen molar-refractivity contribution in [2.24, 2.45) is 0 Å². The van der Waals surface area contributed by atoms with Crippen LogP contribution in [0.5, 0.6) is 0 Å². The van der Waals surface area contributed by atoms with Crippen LogP contribution in [-0.2, 0) is 0 Å². The molecule has 0 spiro atoms. The average Bonchev–Trinajstić information content (AvgIpc) is 3.21. The smallest absolute Gasteiger partial charge is 0.293 e. The molecule has 2 aliphatic rings. The number of carbonyl (C=O) groups is 1. The lowest BCUT2D eigenvalue weighted by Crippen LogP contribution is -2.37. The fourth-order valence-corrected chi connectivity index (χ4v) is 2.88. The second-order valence-corrected chi connectivity index (χ2v) is 5.88. The molecule has 1 N–H and O–H groups in total. The van der Waals surface area contributed by atoms with Crippen LogP contribution in [0.3, 0.4) is 0 Å². The number of amides is 1. The Morgan fingerprint density at radius 1 is 1.16 bits per heavy atom. The highest BCUT2D eigenvalue weighted by Crippen LogP contribution is 2.37. The zero-order valence-electron chi connectivity index (χ0n) is 11.6. The fraction of sp³-hybridized carbons (Fsp3) is 0.786. The van der Waals surface area contributed by atoms with E-state index in [0.29, 0.717) is 17.8 Å². The summed E-state index contributed by atoms with van der Waals surface area (Å²) in [7, 11) is 1.89. The molecule has 1 aromatic heterocycles. The van der Waals surface area contributed by atoms with E-state index in [1.54, 1.807) is 0 Å². The molecule has 0 atom stereocenters. The minimum Gasteiger partial charge on any atom is -0.336 e. The van der Waals surface area contributed by atoms with Crippen LogP contribution in [0.15, 0.2) is 0 Å². The molecule has 1 aromatic rings. The summed E-state index contributed by atoms with van der Waals surface area (Å²) in [5.74, 6) is 1.71. The number of carbonyl (C=O) groups excluding carboxylic acids is 1. The first kappa shape index (κ1) is 12.6. The summed E-state index contributed by atoms with van der Waals surface area (Å²) in [4.78, 5) is 18.6. The third-order valence-corrected chi connectivity index (χ3v) is 4.35. The van der Waals surface area contributed by atoms with Crippen LogP contribution < -0.4 is 0 Å². The first-order chi connectivity index (χ1) is 9.25. The van der Waals surface area contributed by atoms with Crippen molar-refractivity contribution in [1.29, 1.82) is 0 Å². The van der Waals surface area contributed by atoms with Crippen LogP contribution in [0, 0.1) is 0 Å². The maximum absolute atomic E-state index is 12.4. The standard InChI is InChI=1S/C14H22N4O/c1-18(11-6-4-2-3-5-7-11)14(19)13-15-12(16-17-13)10-8-9-10/h10-11H,2-9H2,1H3,(H,15,16,17). The fourth-order valence-electron chi connectivity index (χ4n) is 2.88. The van der Waals surface area contributed by atoms with Gasteiger partial charge in [0, 0.05) is 19.0 Å². The summed E-state index contributed by atoms with van der Waals surface area (Å²) >= 11 is 0. The molecule has 2 saturated carbocycles. The molecule has 5 heteroatoms. The van der Waals surface area contributed by atoms with E-state index < -0.39 is 0 Å². The summed E-state index contributed by atoms with van der Waals surface area (Å²) < 4.78 is 0. The Hall–Kier alpha value is -1.39. The molecule has 0 aliphatic heterocycles. The van der Waals surface area contributed by atoms with Crippen molar-refractivity contribution in [1.82, 2.24) is 20.1 Å². The Kier molecular flexibility index (Phi) is 3.53. The largest absolute Gasteiger partial charge is 0.336 e. The summed E-state index contributed by atoms with van der Waals surface area (Å²) in [5.41, 5.74) is 0. The van der Waals surface area contributed by atoms with E-state index in [1.807, 2.05) is 11.9 Å². The molecule has 1 heterocycles. The minimum atomic E-state index is -0.0324. The second kappa shape index (κ2) is 5.31. The third-order valence-electron chi connectivity index (χ3n) is 4.35. The van der Waals surface area contributed by atoms with Gasteiger partial charge in [0.05, 0.1) is 0 Å². The molecule has 0 aromatic carbocycles. The summed E-state index contributed by atoms with van der Waals surface area (Å²) in [5, 5.41) is 7.00. The first-order valence-corrected chi connectivity index (χ1v) is 7.45. The molecule has 1 amide bonds. The van der Waals surface area contributed by atoms with Crippen LogP contribution in [0.2, 0.25) is 0 Å². The van der Waals surface area contributed by atoms with Crippen molar-refractivity contribution in [3.05, 3.63) is 11.6 Å². The lowest BCUT2D eigenvalue weighted by molar-refractivity contribution is 0.0705. The zero-order valence-corrected chi connectivity index (χ0v) is 11.6. The van der Waals surface area contributed by atoms with Crippen molar-refractivity contribution < 1.29 is 4.79 Å². The Labute approximate surface area is 113 Å². The lowest BCUT2D eigenvalue weighted by atomic mass is 10.1. The summed E-state index contributed by atoms with van der Waals surface area (Å²) in [6.45, 7) is 0. The molecule has 3 rings (SSSR count). The number of hydrogen-bond acceptors (Lipinski definition) is 3. The molecule has 2 aliphatic carbocycles. The highest BCUT2D eigenvalue weighted by atomic mass is 16.2. The SMILES string of the molecule is CN(C(=O)c1n[nH]c(C2CC2)n1)C1CCCCCC1. The van der Waals surface area contributed by atoms with E-state index in [1.165, 1.54) is 38.5 Å². The third kappa shape index (κ3) is 2.80. The highest BCUT2D eigenvalue weighted by molar-refractivity contribution is 5.90. The van der Waals surface area contributed by atoms with Crippen LogP contribution in [0.25, 0.3) is 0 Å². The lowest BCUT2D eigenvalue weighted by Gasteiger charge is -2.26. The first-order valence-electron chi connectivity index (χ1n) is 7.45. The number of H-pyrrole nitrogens is 1. The van der Waals surface area contributed by atoms with Crippen molar-refractivity contribution in [2.75, 3.05) is 7.05 Å². The van der Waals surface area contributed by atoms with Crippen LogP contribution >= 0.6 is 0 Å². The van der Waals surface area contributed by atoms with Gasteiger partial charge in [-0.3, -0.25) is 9.89 Å². The van der Waals surface area contributed by atoms with Crippen LogP contribution in [0.1, 0.15) is 73.7 Å². The van der Waals surface area contributed by atoms with Gasteiger partial charge in [-0.1, -0.05) is 25.7 Å². The van der Waals surface area contributed by atoms with Crippen LogP contribution in [-0.4, -0.2) is 39.1 Å². The van der Waals surface area contributed by atoms with Gasteiger partial charge in [-0.25, -0.2) is 4.98 Å². The van der Waals surface area contributed by atoms with Crippen molar-refractivity contribution in [3.8, 4) is 0 Å². The zero-order chi connectivity index (χ0) is 13.2. The van der Waals surface area contributed by atoms with Gasteiger partial charge in [0.25, 0.3) is 5.91 Å². The highest BCUT2D eigenvalue weighted by Gasteiger charge is 2.30. The molecule has 0 bridgehead atoms. The number of rotatable bonds is 3. The Bertz CT molecular complexity index is 444. The number of aromatic nitrogens is 3. The van der Waals surface area contributed by atoms with Gasteiger partial charge in [0.2, 0.25) is 5.82 Å². The molecule has 19 heavy (non-hydrogen) atoms. The Morgan fingerprint density at radius 3 is 2.47 bits per heavy atom. The average molecular weight is 262 g/mol. The van der Waals surface area contributed by atoms with Crippen LogP contribution in [0.4, 0.5) is 0 Å². The molecule has 0 unspecified atom stereocenters.